The van der Waals surface area contributed by atoms with Gasteiger partial charge in [0.1, 0.15) is 0 Å². The zero-order valence-corrected chi connectivity index (χ0v) is 11.1. The molecule has 3 heteroatoms. The summed E-state index contributed by atoms with van der Waals surface area (Å²) in [5.41, 5.74) is 2.40. The van der Waals surface area contributed by atoms with E-state index in [0.717, 1.165) is 5.56 Å². The number of benzene rings is 1. The van der Waals surface area contributed by atoms with Gasteiger partial charge in [-0.3, -0.25) is 14.9 Å². The smallest absolute Gasteiger partial charge is 0.227 e. The van der Waals surface area contributed by atoms with Gasteiger partial charge in [-0.2, -0.15) is 0 Å². The standard InChI is InChI=1S/C15H19NO2/c1-15(2,3)12-6-4-5-10(7-12)11-8-13(17)16-14(18)9-11/h4-7,11H,8-9H2,1-3H3,(H,16,17,18). The number of carbonyl (C=O) groups is 2. The molecule has 0 unspecified atom stereocenters. The Kier molecular flexibility index (Phi) is 3.24. The van der Waals surface area contributed by atoms with Crippen molar-refractivity contribution in [3.63, 3.8) is 0 Å². The van der Waals surface area contributed by atoms with Gasteiger partial charge in [-0.25, -0.2) is 0 Å². The van der Waals surface area contributed by atoms with E-state index in [0.29, 0.717) is 12.8 Å². The topological polar surface area (TPSA) is 46.2 Å². The van der Waals surface area contributed by atoms with Crippen molar-refractivity contribution in [1.29, 1.82) is 0 Å². The third kappa shape index (κ3) is 2.78. The van der Waals surface area contributed by atoms with Gasteiger partial charge < -0.3 is 0 Å². The minimum Gasteiger partial charge on any atom is -0.296 e. The van der Waals surface area contributed by atoms with Crippen LogP contribution in [0.1, 0.15) is 50.7 Å². The van der Waals surface area contributed by atoms with Gasteiger partial charge in [0, 0.05) is 18.8 Å². The van der Waals surface area contributed by atoms with Crippen LogP contribution in [-0.4, -0.2) is 11.8 Å². The van der Waals surface area contributed by atoms with Crippen LogP contribution in [0.3, 0.4) is 0 Å². The van der Waals surface area contributed by atoms with E-state index in [9.17, 15) is 9.59 Å². The number of rotatable bonds is 1. The summed E-state index contributed by atoms with van der Waals surface area (Å²) in [6.45, 7) is 6.47. The predicted octanol–water partition coefficient (Wildman–Crippen LogP) is 2.50. The van der Waals surface area contributed by atoms with Gasteiger partial charge in [-0.15, -0.1) is 0 Å². The Morgan fingerprint density at radius 1 is 1.11 bits per heavy atom. The van der Waals surface area contributed by atoms with Crippen LogP contribution in [0, 0.1) is 0 Å². The molecular formula is C15H19NO2. The number of imide groups is 1. The molecule has 0 bridgehead atoms. The van der Waals surface area contributed by atoms with Crippen molar-refractivity contribution >= 4 is 11.8 Å². The van der Waals surface area contributed by atoms with E-state index in [1.807, 2.05) is 12.1 Å². The van der Waals surface area contributed by atoms with E-state index in [4.69, 9.17) is 0 Å². The van der Waals surface area contributed by atoms with Gasteiger partial charge >= 0.3 is 0 Å². The summed E-state index contributed by atoms with van der Waals surface area (Å²) in [6.07, 6.45) is 0.804. The molecule has 1 aromatic rings. The second-order valence-electron chi connectivity index (χ2n) is 5.95. The first-order valence-electron chi connectivity index (χ1n) is 6.29. The number of hydrogen-bond acceptors (Lipinski definition) is 2. The third-order valence-electron chi connectivity index (χ3n) is 3.37. The molecule has 2 rings (SSSR count). The molecule has 0 atom stereocenters. The Bertz CT molecular complexity index is 470. The summed E-state index contributed by atoms with van der Waals surface area (Å²) < 4.78 is 0. The Labute approximate surface area is 108 Å². The minimum absolute atomic E-state index is 0.0218. The zero-order valence-electron chi connectivity index (χ0n) is 11.1. The molecule has 0 spiro atoms. The average Bonchev–Trinajstić information content (AvgIpc) is 2.27. The molecule has 1 aliphatic rings. The van der Waals surface area contributed by atoms with Crippen molar-refractivity contribution in [3.8, 4) is 0 Å². The first kappa shape index (κ1) is 12.8. The second-order valence-corrected chi connectivity index (χ2v) is 5.95. The molecular weight excluding hydrogens is 226 g/mol. The van der Waals surface area contributed by atoms with E-state index in [1.54, 1.807) is 0 Å². The highest BCUT2D eigenvalue weighted by atomic mass is 16.2. The van der Waals surface area contributed by atoms with E-state index in [-0.39, 0.29) is 23.1 Å². The quantitative estimate of drug-likeness (QED) is 0.773. The molecule has 0 aromatic heterocycles. The fourth-order valence-electron chi connectivity index (χ4n) is 2.27. The number of piperidine rings is 1. The van der Waals surface area contributed by atoms with E-state index in [1.165, 1.54) is 5.56 Å². The summed E-state index contributed by atoms with van der Waals surface area (Å²) in [7, 11) is 0. The fraction of sp³-hybridized carbons (Fsp3) is 0.467. The lowest BCUT2D eigenvalue weighted by Gasteiger charge is -2.24. The molecule has 1 heterocycles. The van der Waals surface area contributed by atoms with Crippen LogP contribution in [-0.2, 0) is 15.0 Å². The van der Waals surface area contributed by atoms with Gasteiger partial charge in [0.2, 0.25) is 11.8 Å². The van der Waals surface area contributed by atoms with Crippen molar-refractivity contribution in [2.75, 3.05) is 0 Å². The molecule has 18 heavy (non-hydrogen) atoms. The average molecular weight is 245 g/mol. The molecule has 96 valence electrons. The van der Waals surface area contributed by atoms with Gasteiger partial charge in [-0.05, 0) is 16.5 Å². The summed E-state index contributed by atoms with van der Waals surface area (Å²) in [5.74, 6) is -0.316. The summed E-state index contributed by atoms with van der Waals surface area (Å²) in [6, 6.07) is 8.23. The maximum Gasteiger partial charge on any atom is 0.227 e. The van der Waals surface area contributed by atoms with Crippen LogP contribution in [0.15, 0.2) is 24.3 Å². The monoisotopic (exact) mass is 245 g/mol. The minimum atomic E-state index is -0.169. The first-order chi connectivity index (χ1) is 8.36. The maximum atomic E-state index is 11.4. The Morgan fingerprint density at radius 2 is 1.72 bits per heavy atom. The van der Waals surface area contributed by atoms with Gasteiger partial charge in [0.05, 0.1) is 0 Å². The molecule has 2 amide bonds. The van der Waals surface area contributed by atoms with E-state index in [2.05, 4.69) is 38.2 Å². The molecule has 1 aliphatic heterocycles. The van der Waals surface area contributed by atoms with Crippen molar-refractivity contribution in [2.24, 2.45) is 0 Å². The van der Waals surface area contributed by atoms with Crippen LogP contribution >= 0.6 is 0 Å². The van der Waals surface area contributed by atoms with Crippen LogP contribution in [0.4, 0.5) is 0 Å². The van der Waals surface area contributed by atoms with Crippen molar-refractivity contribution in [3.05, 3.63) is 35.4 Å². The van der Waals surface area contributed by atoms with Crippen molar-refractivity contribution in [2.45, 2.75) is 44.9 Å². The maximum absolute atomic E-state index is 11.4. The first-order valence-corrected chi connectivity index (χ1v) is 6.29. The van der Waals surface area contributed by atoms with Crippen LogP contribution in [0.2, 0.25) is 0 Å². The second kappa shape index (κ2) is 4.56. The van der Waals surface area contributed by atoms with E-state index >= 15 is 0 Å². The van der Waals surface area contributed by atoms with Gasteiger partial charge in [0.15, 0.2) is 0 Å². The number of carbonyl (C=O) groups excluding carboxylic acids is 2. The fourth-order valence-corrected chi connectivity index (χ4v) is 2.27. The van der Waals surface area contributed by atoms with Crippen molar-refractivity contribution in [1.82, 2.24) is 5.32 Å². The highest BCUT2D eigenvalue weighted by Gasteiger charge is 2.26. The summed E-state index contributed by atoms with van der Waals surface area (Å²) in [4.78, 5) is 22.8. The molecule has 1 N–H and O–H groups in total. The lowest BCUT2D eigenvalue weighted by molar-refractivity contribution is -0.133. The van der Waals surface area contributed by atoms with E-state index < -0.39 is 0 Å². The Hall–Kier alpha value is -1.64. The number of hydrogen-bond donors (Lipinski definition) is 1. The highest BCUT2D eigenvalue weighted by molar-refractivity contribution is 5.98. The van der Waals surface area contributed by atoms with Crippen LogP contribution < -0.4 is 5.32 Å². The lowest BCUT2D eigenvalue weighted by atomic mass is 9.82. The molecule has 0 saturated carbocycles. The molecule has 1 fully saturated rings. The Balaban J connectivity index is 2.28. The molecule has 0 radical (unpaired) electrons. The molecule has 1 saturated heterocycles. The lowest BCUT2D eigenvalue weighted by Crippen LogP contribution is -2.37. The van der Waals surface area contributed by atoms with Crippen LogP contribution in [0.25, 0.3) is 0 Å². The molecule has 3 nitrogen and oxygen atoms in total. The SMILES string of the molecule is CC(C)(C)c1cccc(C2CC(=O)NC(=O)C2)c1. The van der Waals surface area contributed by atoms with Crippen molar-refractivity contribution < 1.29 is 9.59 Å². The third-order valence-corrected chi connectivity index (χ3v) is 3.37. The largest absolute Gasteiger partial charge is 0.296 e. The summed E-state index contributed by atoms with van der Waals surface area (Å²) >= 11 is 0. The van der Waals surface area contributed by atoms with Gasteiger partial charge in [-0.1, -0.05) is 45.0 Å². The summed E-state index contributed by atoms with van der Waals surface area (Å²) in [5, 5.41) is 2.35. The van der Waals surface area contributed by atoms with Gasteiger partial charge in [0.25, 0.3) is 0 Å². The number of nitrogens with one attached hydrogen (secondary N) is 1. The normalized spacial score (nSPS) is 17.7. The molecule has 1 aromatic carbocycles. The molecule has 0 aliphatic carbocycles. The zero-order chi connectivity index (χ0) is 13.3. The predicted molar refractivity (Wildman–Crippen MR) is 70.3 cm³/mol. The number of amides is 2. The Morgan fingerprint density at radius 3 is 2.28 bits per heavy atom. The van der Waals surface area contributed by atoms with Crippen LogP contribution in [0.5, 0.6) is 0 Å². The highest BCUT2D eigenvalue weighted by Crippen LogP contribution is 2.30.